The number of nitrogens with one attached hydrogen (secondary N) is 2. The largest absolute Gasteiger partial charge is 0.396 e. The summed E-state index contributed by atoms with van der Waals surface area (Å²) >= 11 is 0. The molecule has 0 unspecified atom stereocenters. The summed E-state index contributed by atoms with van der Waals surface area (Å²) in [5, 5.41) is 14.5. The number of aliphatic hydroxyl groups is 1. The molecule has 0 aromatic carbocycles. The highest BCUT2D eigenvalue weighted by Crippen LogP contribution is 2.14. The third kappa shape index (κ3) is 5.02. The second kappa shape index (κ2) is 8.77. The number of nitrogens with zero attached hydrogens (tertiary/aromatic N) is 5. The van der Waals surface area contributed by atoms with Crippen LogP contribution in [0, 0.1) is 6.92 Å². The zero-order chi connectivity index (χ0) is 19.1. The Bertz CT molecular complexity index is 901. The van der Waals surface area contributed by atoms with E-state index in [0.717, 1.165) is 0 Å². The van der Waals surface area contributed by atoms with Gasteiger partial charge >= 0.3 is 0 Å². The van der Waals surface area contributed by atoms with E-state index < -0.39 is 0 Å². The summed E-state index contributed by atoms with van der Waals surface area (Å²) in [6.07, 6.45) is 3.74. The molecule has 9 nitrogen and oxygen atoms in total. The van der Waals surface area contributed by atoms with E-state index in [4.69, 9.17) is 5.11 Å². The average molecular weight is 365 g/mol. The predicted molar refractivity (Wildman–Crippen MR) is 100 cm³/mol. The van der Waals surface area contributed by atoms with Gasteiger partial charge in [0.15, 0.2) is 5.82 Å². The van der Waals surface area contributed by atoms with Crippen LogP contribution in [0.2, 0.25) is 0 Å². The molecule has 0 aliphatic rings. The van der Waals surface area contributed by atoms with Gasteiger partial charge in [-0.15, -0.1) is 0 Å². The number of hydrogen-bond acceptors (Lipinski definition) is 8. The number of amides is 1. The molecule has 0 fully saturated rings. The van der Waals surface area contributed by atoms with E-state index >= 15 is 0 Å². The molecule has 3 aromatic heterocycles. The van der Waals surface area contributed by atoms with Gasteiger partial charge in [-0.2, -0.15) is 9.97 Å². The van der Waals surface area contributed by atoms with Crippen molar-refractivity contribution in [3.05, 3.63) is 54.1 Å². The van der Waals surface area contributed by atoms with E-state index in [2.05, 4.69) is 35.6 Å². The zero-order valence-corrected chi connectivity index (χ0v) is 14.8. The third-order valence-corrected chi connectivity index (χ3v) is 3.53. The number of rotatable bonds is 7. The summed E-state index contributed by atoms with van der Waals surface area (Å²) in [5.41, 5.74) is 0.971. The molecule has 1 amide bonds. The fourth-order valence-corrected chi connectivity index (χ4v) is 2.25. The molecule has 0 aliphatic heterocycles. The van der Waals surface area contributed by atoms with Gasteiger partial charge in [-0.25, -0.2) is 9.97 Å². The molecule has 0 aliphatic carbocycles. The van der Waals surface area contributed by atoms with Gasteiger partial charge in [-0.3, -0.25) is 15.1 Å². The van der Waals surface area contributed by atoms with Crippen LogP contribution in [0.25, 0.3) is 11.5 Å². The van der Waals surface area contributed by atoms with Crippen molar-refractivity contribution in [2.24, 2.45) is 0 Å². The molecular formula is C18H19N7O2. The summed E-state index contributed by atoms with van der Waals surface area (Å²) in [7, 11) is 0. The first-order valence-electron chi connectivity index (χ1n) is 8.42. The number of anilines is 2. The standard InChI is InChI=1S/C18H19N7O2/c1-12-22-16(14-5-2-3-8-19-14)24-18(23-12)25-17(27)13-6-7-15(21-11-13)20-9-4-10-26/h2-3,5-8,11,26H,4,9-10H2,1H3,(H,20,21)(H,22,23,24,25,27). The fraction of sp³-hybridized carbons (Fsp3) is 0.222. The summed E-state index contributed by atoms with van der Waals surface area (Å²) in [6.45, 7) is 2.44. The Morgan fingerprint density at radius 2 is 2.00 bits per heavy atom. The summed E-state index contributed by atoms with van der Waals surface area (Å²) in [4.78, 5) is 33.5. The van der Waals surface area contributed by atoms with Gasteiger partial charge in [0.05, 0.1) is 5.56 Å². The molecule has 0 saturated carbocycles. The van der Waals surface area contributed by atoms with Crippen molar-refractivity contribution in [1.29, 1.82) is 0 Å². The minimum absolute atomic E-state index is 0.110. The van der Waals surface area contributed by atoms with E-state index in [-0.39, 0.29) is 18.5 Å². The van der Waals surface area contributed by atoms with Crippen LogP contribution in [-0.4, -0.2) is 49.1 Å². The van der Waals surface area contributed by atoms with E-state index in [1.807, 2.05) is 6.07 Å². The normalized spacial score (nSPS) is 10.4. The number of hydrogen-bond donors (Lipinski definition) is 3. The molecule has 27 heavy (non-hydrogen) atoms. The maximum Gasteiger partial charge on any atom is 0.259 e. The number of carbonyl (C=O) groups excluding carboxylic acids is 1. The maximum absolute atomic E-state index is 12.4. The van der Waals surface area contributed by atoms with Gasteiger partial charge in [0.25, 0.3) is 5.91 Å². The SMILES string of the molecule is Cc1nc(NC(=O)c2ccc(NCCCO)nc2)nc(-c2ccccn2)n1. The highest BCUT2D eigenvalue weighted by atomic mass is 16.3. The van der Waals surface area contributed by atoms with E-state index in [9.17, 15) is 4.79 Å². The van der Waals surface area contributed by atoms with Crippen molar-refractivity contribution < 1.29 is 9.90 Å². The van der Waals surface area contributed by atoms with Crippen LogP contribution in [-0.2, 0) is 0 Å². The van der Waals surface area contributed by atoms with Crippen molar-refractivity contribution in [2.45, 2.75) is 13.3 Å². The Hall–Kier alpha value is -3.46. The van der Waals surface area contributed by atoms with Gasteiger partial charge in [0, 0.05) is 25.5 Å². The van der Waals surface area contributed by atoms with Gasteiger partial charge < -0.3 is 10.4 Å². The molecule has 0 atom stereocenters. The Balaban J connectivity index is 1.71. The number of carbonyl (C=O) groups is 1. The van der Waals surface area contributed by atoms with Gasteiger partial charge in [0.1, 0.15) is 17.3 Å². The van der Waals surface area contributed by atoms with Crippen molar-refractivity contribution in [2.75, 3.05) is 23.8 Å². The molecule has 9 heteroatoms. The maximum atomic E-state index is 12.4. The third-order valence-electron chi connectivity index (χ3n) is 3.53. The van der Waals surface area contributed by atoms with E-state index in [1.165, 1.54) is 6.20 Å². The lowest BCUT2D eigenvalue weighted by Gasteiger charge is -2.07. The smallest absolute Gasteiger partial charge is 0.259 e. The summed E-state index contributed by atoms with van der Waals surface area (Å²) in [5.74, 6) is 1.27. The average Bonchev–Trinajstić information content (AvgIpc) is 2.69. The Morgan fingerprint density at radius 3 is 2.70 bits per heavy atom. The molecular weight excluding hydrogens is 346 g/mol. The van der Waals surface area contributed by atoms with Crippen LogP contribution in [0.15, 0.2) is 42.7 Å². The second-order valence-corrected chi connectivity index (χ2v) is 5.63. The lowest BCUT2D eigenvalue weighted by molar-refractivity contribution is 0.102. The van der Waals surface area contributed by atoms with Crippen molar-refractivity contribution in [3.63, 3.8) is 0 Å². The minimum atomic E-state index is -0.373. The van der Waals surface area contributed by atoms with Crippen LogP contribution in [0.3, 0.4) is 0 Å². The molecule has 0 bridgehead atoms. The number of aromatic nitrogens is 5. The highest BCUT2D eigenvalue weighted by Gasteiger charge is 2.12. The number of aliphatic hydroxyl groups excluding tert-OH is 1. The van der Waals surface area contributed by atoms with Gasteiger partial charge in [-0.05, 0) is 37.6 Å². The van der Waals surface area contributed by atoms with Crippen LogP contribution < -0.4 is 10.6 Å². The number of aryl methyl sites for hydroxylation is 1. The Kier molecular flexibility index (Phi) is 5.95. The highest BCUT2D eigenvalue weighted by molar-refractivity contribution is 6.03. The zero-order valence-electron chi connectivity index (χ0n) is 14.8. The Morgan fingerprint density at radius 1 is 1.11 bits per heavy atom. The lowest BCUT2D eigenvalue weighted by atomic mass is 10.2. The first-order valence-corrected chi connectivity index (χ1v) is 8.42. The molecule has 0 radical (unpaired) electrons. The minimum Gasteiger partial charge on any atom is -0.396 e. The van der Waals surface area contributed by atoms with Crippen LogP contribution in [0.4, 0.5) is 11.8 Å². The monoisotopic (exact) mass is 365 g/mol. The molecule has 3 N–H and O–H groups in total. The second-order valence-electron chi connectivity index (χ2n) is 5.63. The molecule has 138 valence electrons. The fourth-order valence-electron chi connectivity index (χ4n) is 2.25. The first kappa shape index (κ1) is 18.3. The van der Waals surface area contributed by atoms with Crippen molar-refractivity contribution in [1.82, 2.24) is 24.9 Å². The van der Waals surface area contributed by atoms with Crippen molar-refractivity contribution in [3.8, 4) is 11.5 Å². The first-order chi connectivity index (χ1) is 13.2. The van der Waals surface area contributed by atoms with Gasteiger partial charge in [0.2, 0.25) is 5.95 Å². The topological polar surface area (TPSA) is 126 Å². The summed E-state index contributed by atoms with van der Waals surface area (Å²) in [6, 6.07) is 8.77. The lowest BCUT2D eigenvalue weighted by Crippen LogP contribution is -2.16. The van der Waals surface area contributed by atoms with E-state index in [0.29, 0.717) is 41.7 Å². The molecule has 3 aromatic rings. The summed E-state index contributed by atoms with van der Waals surface area (Å²) < 4.78 is 0. The Labute approximate surface area is 156 Å². The van der Waals surface area contributed by atoms with Crippen molar-refractivity contribution >= 4 is 17.7 Å². The molecule has 0 saturated heterocycles. The molecule has 0 spiro atoms. The van der Waals surface area contributed by atoms with Crippen LogP contribution in [0.5, 0.6) is 0 Å². The predicted octanol–water partition coefficient (Wildman–Crippen LogP) is 1.68. The number of pyridine rings is 2. The molecule has 3 heterocycles. The van der Waals surface area contributed by atoms with Crippen LogP contribution in [0.1, 0.15) is 22.6 Å². The van der Waals surface area contributed by atoms with E-state index in [1.54, 1.807) is 37.4 Å². The van der Waals surface area contributed by atoms with Crippen LogP contribution >= 0.6 is 0 Å². The molecule has 3 rings (SSSR count). The quantitative estimate of drug-likeness (QED) is 0.540. The van der Waals surface area contributed by atoms with Gasteiger partial charge in [-0.1, -0.05) is 6.07 Å².